The molecule has 0 radical (unpaired) electrons. The molecule has 0 spiro atoms. The normalized spacial score (nSPS) is 22.5. The van der Waals surface area contributed by atoms with Gasteiger partial charge in [0.25, 0.3) is 0 Å². The Labute approximate surface area is 138 Å². The van der Waals surface area contributed by atoms with Crippen LogP contribution < -0.4 is 5.32 Å². The summed E-state index contributed by atoms with van der Waals surface area (Å²) >= 11 is 0. The summed E-state index contributed by atoms with van der Waals surface area (Å²) < 4.78 is 4.91. The van der Waals surface area contributed by atoms with Crippen molar-refractivity contribution < 1.29 is 4.52 Å². The first-order valence-electron chi connectivity index (χ1n) is 8.76. The molecule has 1 aromatic heterocycles. The average Bonchev–Trinajstić information content (AvgIpc) is 3.22. The first-order chi connectivity index (χ1) is 11.2. The van der Waals surface area contributed by atoms with Crippen LogP contribution in [0, 0.1) is 5.41 Å². The molecule has 1 aromatic rings. The van der Waals surface area contributed by atoms with Crippen molar-refractivity contribution in [3.63, 3.8) is 0 Å². The fourth-order valence-corrected chi connectivity index (χ4v) is 3.70. The molecule has 1 saturated carbocycles. The Kier molecular flexibility index (Phi) is 5.20. The largest absolute Gasteiger partial charge is 0.364 e. The van der Waals surface area contributed by atoms with E-state index in [9.17, 15) is 0 Å². The van der Waals surface area contributed by atoms with Gasteiger partial charge in [0.15, 0.2) is 5.96 Å². The average molecular weight is 319 g/mol. The lowest BCUT2D eigenvalue weighted by atomic mass is 9.89. The van der Waals surface area contributed by atoms with Crippen molar-refractivity contribution in [3.8, 4) is 0 Å². The van der Waals surface area contributed by atoms with Gasteiger partial charge in [-0.25, -0.2) is 0 Å². The summed E-state index contributed by atoms with van der Waals surface area (Å²) in [6.07, 6.45) is 7.06. The zero-order valence-corrected chi connectivity index (χ0v) is 14.4. The molecule has 1 aliphatic carbocycles. The predicted octanol–water partition coefficient (Wildman–Crippen LogP) is 1.95. The van der Waals surface area contributed by atoms with Crippen LogP contribution >= 0.6 is 0 Å². The summed E-state index contributed by atoms with van der Waals surface area (Å²) in [5.41, 5.74) is 1.46. The van der Waals surface area contributed by atoms with E-state index in [-0.39, 0.29) is 0 Å². The van der Waals surface area contributed by atoms with E-state index in [0.29, 0.717) is 5.41 Å². The number of nitrogens with one attached hydrogen (secondary N) is 1. The summed E-state index contributed by atoms with van der Waals surface area (Å²) in [4.78, 5) is 9.28. The monoisotopic (exact) mass is 319 g/mol. The van der Waals surface area contributed by atoms with E-state index in [1.807, 2.05) is 13.1 Å². The van der Waals surface area contributed by atoms with Gasteiger partial charge in [0, 0.05) is 52.4 Å². The Bertz CT molecular complexity index is 499. The number of rotatable bonds is 4. The summed E-state index contributed by atoms with van der Waals surface area (Å²) in [6, 6.07) is 1.94. The maximum Gasteiger partial charge on any atom is 0.193 e. The molecule has 0 amide bonds. The van der Waals surface area contributed by atoms with Crippen LogP contribution in [-0.4, -0.2) is 60.7 Å². The Morgan fingerprint density at radius 2 is 2.04 bits per heavy atom. The van der Waals surface area contributed by atoms with Gasteiger partial charge >= 0.3 is 0 Å². The van der Waals surface area contributed by atoms with Crippen LogP contribution in [0.2, 0.25) is 0 Å². The quantitative estimate of drug-likeness (QED) is 0.679. The molecular formula is C17H29N5O. The van der Waals surface area contributed by atoms with E-state index in [1.165, 1.54) is 25.7 Å². The first-order valence-corrected chi connectivity index (χ1v) is 8.76. The minimum absolute atomic E-state index is 0.449. The van der Waals surface area contributed by atoms with Crippen LogP contribution in [0.15, 0.2) is 21.8 Å². The lowest BCUT2D eigenvalue weighted by Gasteiger charge is -2.37. The SMILES string of the molecule is CN=C(NCC1(C)CCCC1)N1CCN(Cc2ccon2)CC1. The number of nitrogens with zero attached hydrogens (tertiary/aromatic N) is 4. The molecule has 1 aliphatic heterocycles. The van der Waals surface area contributed by atoms with Gasteiger partial charge in [-0.2, -0.15) is 0 Å². The summed E-state index contributed by atoms with van der Waals surface area (Å²) in [5.74, 6) is 1.05. The maximum absolute atomic E-state index is 4.91. The molecule has 0 aromatic carbocycles. The Hall–Kier alpha value is -1.56. The number of aliphatic imine (C=N–C) groups is 1. The van der Waals surface area contributed by atoms with Gasteiger partial charge in [-0.15, -0.1) is 0 Å². The van der Waals surface area contributed by atoms with Crippen LogP contribution in [-0.2, 0) is 6.54 Å². The third kappa shape index (κ3) is 4.25. The van der Waals surface area contributed by atoms with E-state index in [4.69, 9.17) is 4.52 Å². The van der Waals surface area contributed by atoms with Gasteiger partial charge in [-0.3, -0.25) is 9.89 Å². The van der Waals surface area contributed by atoms with Gasteiger partial charge in [-0.1, -0.05) is 24.9 Å². The van der Waals surface area contributed by atoms with Gasteiger partial charge < -0.3 is 14.7 Å². The van der Waals surface area contributed by atoms with Crippen molar-refractivity contribution in [2.75, 3.05) is 39.8 Å². The molecule has 2 heterocycles. The van der Waals surface area contributed by atoms with Crippen molar-refractivity contribution in [2.45, 2.75) is 39.2 Å². The van der Waals surface area contributed by atoms with E-state index >= 15 is 0 Å². The first kappa shape index (κ1) is 16.3. The minimum Gasteiger partial charge on any atom is -0.364 e. The molecule has 0 unspecified atom stereocenters. The number of hydrogen-bond donors (Lipinski definition) is 1. The second-order valence-electron chi connectivity index (χ2n) is 7.17. The highest BCUT2D eigenvalue weighted by Crippen LogP contribution is 2.36. The molecule has 23 heavy (non-hydrogen) atoms. The van der Waals surface area contributed by atoms with Gasteiger partial charge in [0.2, 0.25) is 0 Å². The third-order valence-electron chi connectivity index (χ3n) is 5.24. The molecule has 6 heteroatoms. The minimum atomic E-state index is 0.449. The Morgan fingerprint density at radius 3 is 2.65 bits per heavy atom. The molecule has 1 N–H and O–H groups in total. The molecule has 2 aliphatic rings. The number of guanidine groups is 1. The fraction of sp³-hybridized carbons (Fsp3) is 0.765. The maximum atomic E-state index is 4.91. The van der Waals surface area contributed by atoms with E-state index < -0.39 is 0 Å². The Morgan fingerprint density at radius 1 is 1.30 bits per heavy atom. The highest BCUT2D eigenvalue weighted by atomic mass is 16.5. The van der Waals surface area contributed by atoms with Crippen molar-refractivity contribution >= 4 is 5.96 Å². The second kappa shape index (κ2) is 7.34. The standard InChI is InChI=1S/C17H29N5O/c1-17(6-3-4-7-17)14-19-16(18-2)22-10-8-21(9-11-22)13-15-5-12-23-20-15/h5,12H,3-4,6-11,13-14H2,1-2H3,(H,18,19). The predicted molar refractivity (Wildman–Crippen MR) is 91.3 cm³/mol. The van der Waals surface area contributed by atoms with Crippen molar-refractivity contribution in [1.29, 1.82) is 0 Å². The van der Waals surface area contributed by atoms with Crippen molar-refractivity contribution in [3.05, 3.63) is 18.0 Å². The van der Waals surface area contributed by atoms with Gasteiger partial charge in [0.05, 0.1) is 5.69 Å². The molecular weight excluding hydrogens is 290 g/mol. The van der Waals surface area contributed by atoms with Crippen LogP contribution in [0.1, 0.15) is 38.3 Å². The molecule has 1 saturated heterocycles. The smallest absolute Gasteiger partial charge is 0.193 e. The van der Waals surface area contributed by atoms with E-state index in [2.05, 4.69) is 32.2 Å². The summed E-state index contributed by atoms with van der Waals surface area (Å²) in [7, 11) is 1.89. The highest BCUT2D eigenvalue weighted by Gasteiger charge is 2.29. The lowest BCUT2D eigenvalue weighted by molar-refractivity contribution is 0.168. The topological polar surface area (TPSA) is 56.9 Å². The van der Waals surface area contributed by atoms with Crippen LogP contribution in [0.4, 0.5) is 0 Å². The molecule has 6 nitrogen and oxygen atoms in total. The van der Waals surface area contributed by atoms with Crippen molar-refractivity contribution in [2.24, 2.45) is 10.4 Å². The second-order valence-corrected chi connectivity index (χ2v) is 7.17. The summed E-state index contributed by atoms with van der Waals surface area (Å²) in [6.45, 7) is 8.39. The van der Waals surface area contributed by atoms with Gasteiger partial charge in [-0.05, 0) is 18.3 Å². The number of aromatic nitrogens is 1. The molecule has 2 fully saturated rings. The molecule has 3 rings (SSSR count). The summed E-state index contributed by atoms with van der Waals surface area (Å²) in [5, 5.41) is 7.61. The molecule has 0 atom stereocenters. The molecule has 128 valence electrons. The Balaban J connectivity index is 1.45. The van der Waals surface area contributed by atoms with E-state index in [0.717, 1.165) is 50.9 Å². The zero-order valence-electron chi connectivity index (χ0n) is 14.4. The fourth-order valence-electron chi connectivity index (χ4n) is 3.70. The number of hydrogen-bond acceptors (Lipinski definition) is 4. The third-order valence-corrected chi connectivity index (χ3v) is 5.24. The lowest BCUT2D eigenvalue weighted by Crippen LogP contribution is -2.53. The highest BCUT2D eigenvalue weighted by molar-refractivity contribution is 5.80. The number of piperazine rings is 1. The van der Waals surface area contributed by atoms with Crippen LogP contribution in [0.3, 0.4) is 0 Å². The van der Waals surface area contributed by atoms with Gasteiger partial charge in [0.1, 0.15) is 6.26 Å². The van der Waals surface area contributed by atoms with Crippen LogP contribution in [0.25, 0.3) is 0 Å². The molecule has 0 bridgehead atoms. The van der Waals surface area contributed by atoms with E-state index in [1.54, 1.807) is 6.26 Å². The van der Waals surface area contributed by atoms with Crippen molar-refractivity contribution in [1.82, 2.24) is 20.3 Å². The zero-order chi connectivity index (χ0) is 16.1. The van der Waals surface area contributed by atoms with Crippen LogP contribution in [0.5, 0.6) is 0 Å².